The van der Waals surface area contributed by atoms with E-state index >= 15 is 0 Å². The number of hydrogen-bond donors (Lipinski definition) is 2. The van der Waals surface area contributed by atoms with Crippen LogP contribution in [0.4, 0.5) is 0 Å². The number of nitrogens with one attached hydrogen (secondary N) is 2. The average Bonchev–Trinajstić information content (AvgIpc) is 2.79. The van der Waals surface area contributed by atoms with Crippen molar-refractivity contribution in [3.8, 4) is 5.75 Å². The second kappa shape index (κ2) is 10.0. The van der Waals surface area contributed by atoms with Crippen LogP contribution in [0, 0.1) is 0 Å². The molecule has 3 aromatic rings. The molecule has 156 valence electrons. The first-order valence-corrected chi connectivity index (χ1v) is 11.0. The highest BCUT2D eigenvalue weighted by Gasteiger charge is 2.14. The van der Waals surface area contributed by atoms with Crippen LogP contribution in [-0.2, 0) is 23.0 Å². The third-order valence-electron chi connectivity index (χ3n) is 4.59. The van der Waals surface area contributed by atoms with Crippen molar-refractivity contribution < 1.29 is 17.9 Å². The van der Waals surface area contributed by atoms with E-state index < -0.39 is 10.0 Å². The molecular weight excluding hydrogens is 400 g/mol. The Labute approximate surface area is 177 Å². The number of amides is 1. The van der Waals surface area contributed by atoms with E-state index in [1.54, 1.807) is 36.4 Å². The normalized spacial score (nSPS) is 11.1. The Hall–Kier alpha value is -3.16. The topological polar surface area (TPSA) is 84.5 Å². The average molecular weight is 425 g/mol. The summed E-state index contributed by atoms with van der Waals surface area (Å²) >= 11 is 0. The summed E-state index contributed by atoms with van der Waals surface area (Å²) in [4.78, 5) is 12.4. The predicted molar refractivity (Wildman–Crippen MR) is 116 cm³/mol. The zero-order valence-electron chi connectivity index (χ0n) is 16.7. The molecule has 0 aliphatic carbocycles. The quantitative estimate of drug-likeness (QED) is 0.553. The van der Waals surface area contributed by atoms with Gasteiger partial charge in [0.15, 0.2) is 0 Å². The number of hydrogen-bond acceptors (Lipinski definition) is 4. The Balaban J connectivity index is 1.51. The van der Waals surface area contributed by atoms with Crippen LogP contribution in [-0.4, -0.2) is 28.0 Å². The smallest absolute Gasteiger partial charge is 0.251 e. The number of methoxy groups -OCH3 is 1. The van der Waals surface area contributed by atoms with Gasteiger partial charge in [-0.25, -0.2) is 13.1 Å². The predicted octanol–water partition coefficient (Wildman–Crippen LogP) is 3.15. The number of ether oxygens (including phenoxy) is 1. The molecule has 0 heterocycles. The molecule has 6 nitrogen and oxygen atoms in total. The zero-order valence-corrected chi connectivity index (χ0v) is 17.5. The molecule has 3 aromatic carbocycles. The third-order valence-corrected chi connectivity index (χ3v) is 6.01. The lowest BCUT2D eigenvalue weighted by Gasteiger charge is -2.09. The van der Waals surface area contributed by atoms with Crippen molar-refractivity contribution in [3.63, 3.8) is 0 Å². The molecule has 0 radical (unpaired) electrons. The van der Waals surface area contributed by atoms with E-state index in [0.29, 0.717) is 17.9 Å². The Bertz CT molecular complexity index is 1060. The van der Waals surface area contributed by atoms with E-state index in [1.165, 1.54) is 19.2 Å². The van der Waals surface area contributed by atoms with E-state index in [4.69, 9.17) is 4.74 Å². The first kappa shape index (κ1) is 21.5. The molecule has 0 spiro atoms. The molecule has 7 heteroatoms. The monoisotopic (exact) mass is 424 g/mol. The van der Waals surface area contributed by atoms with Crippen molar-refractivity contribution in [3.05, 3.63) is 95.6 Å². The highest BCUT2D eigenvalue weighted by Crippen LogP contribution is 2.16. The van der Waals surface area contributed by atoms with Crippen LogP contribution in [0.15, 0.2) is 83.8 Å². The maximum atomic E-state index is 12.4. The summed E-state index contributed by atoms with van der Waals surface area (Å²) in [6.45, 7) is 0.677. The minimum Gasteiger partial charge on any atom is -0.497 e. The van der Waals surface area contributed by atoms with Crippen molar-refractivity contribution in [1.29, 1.82) is 0 Å². The summed E-state index contributed by atoms with van der Waals surface area (Å²) in [5, 5.41) is 2.89. The maximum absolute atomic E-state index is 12.4. The second-order valence-electron chi connectivity index (χ2n) is 6.69. The number of benzene rings is 3. The summed E-state index contributed by atoms with van der Waals surface area (Å²) in [7, 11) is -2.11. The van der Waals surface area contributed by atoms with Crippen molar-refractivity contribution in [1.82, 2.24) is 10.0 Å². The van der Waals surface area contributed by atoms with Crippen LogP contribution in [0.1, 0.15) is 21.5 Å². The molecule has 30 heavy (non-hydrogen) atoms. The number of carbonyl (C=O) groups excluding carboxylic acids is 1. The van der Waals surface area contributed by atoms with Crippen molar-refractivity contribution in [2.45, 2.75) is 17.9 Å². The van der Waals surface area contributed by atoms with Gasteiger partial charge in [0, 0.05) is 18.7 Å². The van der Waals surface area contributed by atoms with Crippen molar-refractivity contribution in [2.75, 3.05) is 13.7 Å². The Kier molecular flexibility index (Phi) is 7.21. The SMILES string of the molecule is COc1ccc(S(=O)(=O)NCc2ccc(C(=O)NCCc3ccccc3)cc2)cc1. The van der Waals surface area contributed by atoms with Crippen LogP contribution in [0.5, 0.6) is 5.75 Å². The van der Waals surface area contributed by atoms with Gasteiger partial charge in [0.05, 0.1) is 12.0 Å². The van der Waals surface area contributed by atoms with Gasteiger partial charge in [0.25, 0.3) is 5.91 Å². The molecule has 0 bridgehead atoms. The Morgan fingerprint density at radius 2 is 1.53 bits per heavy atom. The van der Waals surface area contributed by atoms with Crippen LogP contribution >= 0.6 is 0 Å². The number of sulfonamides is 1. The van der Waals surface area contributed by atoms with E-state index in [-0.39, 0.29) is 17.3 Å². The Morgan fingerprint density at radius 3 is 2.17 bits per heavy atom. The zero-order chi connectivity index (χ0) is 21.4. The lowest BCUT2D eigenvalue weighted by Crippen LogP contribution is -2.26. The number of rotatable bonds is 9. The van der Waals surface area contributed by atoms with Gasteiger partial charge in [-0.1, -0.05) is 42.5 Å². The first-order chi connectivity index (χ1) is 14.5. The molecule has 0 fully saturated rings. The van der Waals surface area contributed by atoms with Gasteiger partial charge in [0.2, 0.25) is 10.0 Å². The fourth-order valence-corrected chi connectivity index (χ4v) is 3.88. The van der Waals surface area contributed by atoms with Gasteiger partial charge in [0.1, 0.15) is 5.75 Å². The molecule has 0 saturated carbocycles. The summed E-state index contributed by atoms with van der Waals surface area (Å²) < 4.78 is 32.4. The number of carbonyl (C=O) groups is 1. The lowest BCUT2D eigenvalue weighted by atomic mass is 10.1. The van der Waals surface area contributed by atoms with Crippen LogP contribution in [0.2, 0.25) is 0 Å². The van der Waals surface area contributed by atoms with Gasteiger partial charge >= 0.3 is 0 Å². The fraction of sp³-hybridized carbons (Fsp3) is 0.174. The standard InChI is InChI=1S/C23H24N2O4S/c1-29-21-11-13-22(14-12-21)30(27,28)25-17-19-7-9-20(10-8-19)23(26)24-16-15-18-5-3-2-4-6-18/h2-14,25H,15-17H2,1H3,(H,24,26). The van der Waals surface area contributed by atoms with Gasteiger partial charge in [-0.05, 0) is 53.9 Å². The van der Waals surface area contributed by atoms with E-state index in [2.05, 4.69) is 10.0 Å². The molecule has 2 N–H and O–H groups in total. The third kappa shape index (κ3) is 5.92. The second-order valence-corrected chi connectivity index (χ2v) is 8.46. The maximum Gasteiger partial charge on any atom is 0.251 e. The molecule has 0 aromatic heterocycles. The van der Waals surface area contributed by atoms with Crippen LogP contribution in [0.25, 0.3) is 0 Å². The molecule has 0 atom stereocenters. The highest BCUT2D eigenvalue weighted by atomic mass is 32.2. The summed E-state index contributed by atoms with van der Waals surface area (Å²) in [5.41, 5.74) is 2.45. The summed E-state index contributed by atoms with van der Waals surface area (Å²) in [6, 6.07) is 23.0. The van der Waals surface area contributed by atoms with Crippen molar-refractivity contribution in [2.24, 2.45) is 0 Å². The largest absolute Gasteiger partial charge is 0.497 e. The molecule has 3 rings (SSSR count). The molecular formula is C23H24N2O4S. The fourth-order valence-electron chi connectivity index (χ4n) is 2.86. The minimum absolute atomic E-state index is 0.129. The first-order valence-electron chi connectivity index (χ1n) is 9.53. The molecule has 1 amide bonds. The molecule has 0 saturated heterocycles. The lowest BCUT2D eigenvalue weighted by molar-refractivity contribution is 0.0954. The summed E-state index contributed by atoms with van der Waals surface area (Å²) in [5.74, 6) is 0.433. The van der Waals surface area contributed by atoms with Gasteiger partial charge in [-0.3, -0.25) is 4.79 Å². The van der Waals surface area contributed by atoms with Crippen molar-refractivity contribution >= 4 is 15.9 Å². The highest BCUT2D eigenvalue weighted by molar-refractivity contribution is 7.89. The van der Waals surface area contributed by atoms with E-state index in [0.717, 1.165) is 17.5 Å². The van der Waals surface area contributed by atoms with Gasteiger partial charge in [-0.2, -0.15) is 0 Å². The van der Waals surface area contributed by atoms with Gasteiger partial charge < -0.3 is 10.1 Å². The molecule has 0 aliphatic heterocycles. The minimum atomic E-state index is -3.63. The summed E-state index contributed by atoms with van der Waals surface area (Å²) in [6.07, 6.45) is 0.762. The van der Waals surface area contributed by atoms with E-state index in [1.807, 2.05) is 30.3 Å². The Morgan fingerprint density at radius 1 is 0.867 bits per heavy atom. The van der Waals surface area contributed by atoms with Gasteiger partial charge in [-0.15, -0.1) is 0 Å². The van der Waals surface area contributed by atoms with Crippen LogP contribution < -0.4 is 14.8 Å². The molecule has 0 aliphatic rings. The van der Waals surface area contributed by atoms with E-state index in [9.17, 15) is 13.2 Å². The molecule has 0 unspecified atom stereocenters. The van der Waals surface area contributed by atoms with Crippen LogP contribution in [0.3, 0.4) is 0 Å².